The highest BCUT2D eigenvalue weighted by atomic mass is 16.6. The van der Waals surface area contributed by atoms with E-state index in [0.29, 0.717) is 12.5 Å². The van der Waals surface area contributed by atoms with Crippen LogP contribution in [0, 0.1) is 13.8 Å². The predicted octanol–water partition coefficient (Wildman–Crippen LogP) is 2.13. The normalized spacial score (nSPS) is 17.6. The summed E-state index contributed by atoms with van der Waals surface area (Å²) in [5.74, 6) is 1.59. The third-order valence-electron chi connectivity index (χ3n) is 3.48. The van der Waals surface area contributed by atoms with E-state index < -0.39 is 0 Å². The van der Waals surface area contributed by atoms with E-state index in [4.69, 9.17) is 4.84 Å². The molecule has 1 aromatic rings. The number of oxime groups is 1. The molecule has 1 atom stereocenters. The van der Waals surface area contributed by atoms with E-state index in [2.05, 4.69) is 27.4 Å². The Balaban J connectivity index is 2.02. The van der Waals surface area contributed by atoms with Crippen molar-refractivity contribution in [2.75, 3.05) is 30.9 Å². The molecule has 6 nitrogen and oxygen atoms in total. The zero-order valence-corrected chi connectivity index (χ0v) is 12.9. The quantitative estimate of drug-likeness (QED) is 0.893. The fourth-order valence-corrected chi connectivity index (χ4v) is 2.00. The van der Waals surface area contributed by atoms with Gasteiger partial charge in [0.25, 0.3) is 0 Å². The van der Waals surface area contributed by atoms with Crippen molar-refractivity contribution in [2.45, 2.75) is 39.7 Å². The molecule has 0 saturated carbocycles. The van der Waals surface area contributed by atoms with E-state index in [-0.39, 0.29) is 6.10 Å². The molecule has 0 spiro atoms. The van der Waals surface area contributed by atoms with Gasteiger partial charge in [-0.2, -0.15) is 4.98 Å². The molecule has 2 heterocycles. The standard InChI is InChI=1S/C14H23N5O/c1-6-11-7-12(20-18-11)8-15-13-9(2)10(3)16-14(17-13)19(4)5/h12H,6-8H2,1-5H3,(H,15,16,17). The molecule has 0 fully saturated rings. The van der Waals surface area contributed by atoms with Crippen LogP contribution in [-0.2, 0) is 4.84 Å². The molecule has 20 heavy (non-hydrogen) atoms. The Bertz CT molecular complexity index is 513. The summed E-state index contributed by atoms with van der Waals surface area (Å²) in [4.78, 5) is 16.3. The first-order valence-corrected chi connectivity index (χ1v) is 6.99. The Morgan fingerprint density at radius 2 is 2.05 bits per heavy atom. The number of aromatic nitrogens is 2. The highest BCUT2D eigenvalue weighted by Gasteiger charge is 2.20. The van der Waals surface area contributed by atoms with Gasteiger partial charge in [0.05, 0.1) is 12.3 Å². The molecule has 0 aliphatic carbocycles. The Kier molecular flexibility index (Phi) is 4.42. The number of nitrogens with one attached hydrogen (secondary N) is 1. The minimum Gasteiger partial charge on any atom is -0.390 e. The molecule has 1 unspecified atom stereocenters. The van der Waals surface area contributed by atoms with Gasteiger partial charge in [0.15, 0.2) is 0 Å². The molecule has 2 rings (SSSR count). The Labute approximate surface area is 120 Å². The number of aryl methyl sites for hydroxylation is 1. The molecule has 0 radical (unpaired) electrons. The lowest BCUT2D eigenvalue weighted by molar-refractivity contribution is 0.0948. The van der Waals surface area contributed by atoms with Gasteiger partial charge in [-0.15, -0.1) is 0 Å². The van der Waals surface area contributed by atoms with Gasteiger partial charge in [-0.25, -0.2) is 4.98 Å². The lowest BCUT2D eigenvalue weighted by atomic mass is 10.1. The van der Waals surface area contributed by atoms with Gasteiger partial charge in [0, 0.05) is 31.8 Å². The van der Waals surface area contributed by atoms with Crippen LogP contribution in [0.25, 0.3) is 0 Å². The highest BCUT2D eigenvalue weighted by Crippen LogP contribution is 2.19. The summed E-state index contributed by atoms with van der Waals surface area (Å²) < 4.78 is 0. The second kappa shape index (κ2) is 6.07. The fourth-order valence-electron chi connectivity index (χ4n) is 2.00. The van der Waals surface area contributed by atoms with Crippen molar-refractivity contribution in [2.24, 2.45) is 5.16 Å². The van der Waals surface area contributed by atoms with Gasteiger partial charge in [-0.05, 0) is 20.3 Å². The molecule has 1 aliphatic heterocycles. The first-order chi connectivity index (χ1) is 9.51. The van der Waals surface area contributed by atoms with Gasteiger partial charge in [0.1, 0.15) is 11.9 Å². The summed E-state index contributed by atoms with van der Waals surface area (Å²) in [6.07, 6.45) is 1.95. The molecule has 1 aromatic heterocycles. The fraction of sp³-hybridized carbons (Fsp3) is 0.643. The zero-order chi connectivity index (χ0) is 14.7. The maximum atomic E-state index is 5.40. The maximum absolute atomic E-state index is 5.40. The average molecular weight is 277 g/mol. The van der Waals surface area contributed by atoms with Crippen molar-refractivity contribution in [1.82, 2.24) is 9.97 Å². The first-order valence-electron chi connectivity index (χ1n) is 6.99. The van der Waals surface area contributed by atoms with Crippen molar-refractivity contribution >= 4 is 17.5 Å². The second-order valence-electron chi connectivity index (χ2n) is 5.30. The van der Waals surface area contributed by atoms with Gasteiger partial charge in [0.2, 0.25) is 5.95 Å². The summed E-state index contributed by atoms with van der Waals surface area (Å²) in [7, 11) is 3.88. The van der Waals surface area contributed by atoms with E-state index in [1.54, 1.807) is 0 Å². The lowest BCUT2D eigenvalue weighted by Crippen LogP contribution is -2.22. The van der Waals surface area contributed by atoms with E-state index in [0.717, 1.165) is 35.6 Å². The van der Waals surface area contributed by atoms with Gasteiger partial charge in [-0.1, -0.05) is 12.1 Å². The smallest absolute Gasteiger partial charge is 0.227 e. The summed E-state index contributed by atoms with van der Waals surface area (Å²) in [5.41, 5.74) is 3.19. The number of anilines is 2. The summed E-state index contributed by atoms with van der Waals surface area (Å²) in [6.45, 7) is 6.83. The Morgan fingerprint density at radius 3 is 2.65 bits per heavy atom. The molecule has 1 N–H and O–H groups in total. The number of hydrogen-bond acceptors (Lipinski definition) is 6. The van der Waals surface area contributed by atoms with Crippen LogP contribution in [-0.4, -0.2) is 42.4 Å². The van der Waals surface area contributed by atoms with Crippen LogP contribution < -0.4 is 10.2 Å². The Hall–Kier alpha value is -1.85. The SMILES string of the molecule is CCC1=NOC(CNc2nc(N(C)C)nc(C)c2C)C1. The molecule has 1 aliphatic rings. The molecule has 110 valence electrons. The molecule has 0 saturated heterocycles. The minimum absolute atomic E-state index is 0.0995. The number of rotatable bonds is 5. The van der Waals surface area contributed by atoms with E-state index in [1.165, 1.54) is 0 Å². The molecular formula is C14H23N5O. The van der Waals surface area contributed by atoms with Crippen LogP contribution in [0.1, 0.15) is 31.0 Å². The number of hydrogen-bond donors (Lipinski definition) is 1. The molecular weight excluding hydrogens is 254 g/mol. The van der Waals surface area contributed by atoms with Gasteiger partial charge < -0.3 is 15.1 Å². The van der Waals surface area contributed by atoms with E-state index >= 15 is 0 Å². The third-order valence-corrected chi connectivity index (χ3v) is 3.48. The maximum Gasteiger partial charge on any atom is 0.227 e. The highest BCUT2D eigenvalue weighted by molar-refractivity contribution is 5.85. The summed E-state index contributed by atoms with van der Waals surface area (Å²) >= 11 is 0. The second-order valence-corrected chi connectivity index (χ2v) is 5.30. The van der Waals surface area contributed by atoms with Crippen molar-refractivity contribution in [3.05, 3.63) is 11.3 Å². The van der Waals surface area contributed by atoms with Crippen LogP contribution in [0.5, 0.6) is 0 Å². The Morgan fingerprint density at radius 1 is 1.30 bits per heavy atom. The first kappa shape index (κ1) is 14.6. The summed E-state index contributed by atoms with van der Waals surface area (Å²) in [6, 6.07) is 0. The lowest BCUT2D eigenvalue weighted by Gasteiger charge is -2.17. The molecule has 6 heteroatoms. The van der Waals surface area contributed by atoms with Crippen LogP contribution in [0.2, 0.25) is 0 Å². The number of nitrogens with zero attached hydrogens (tertiary/aromatic N) is 4. The monoisotopic (exact) mass is 277 g/mol. The van der Waals surface area contributed by atoms with Crippen molar-refractivity contribution in [3.63, 3.8) is 0 Å². The zero-order valence-electron chi connectivity index (χ0n) is 12.9. The van der Waals surface area contributed by atoms with Crippen molar-refractivity contribution in [3.8, 4) is 0 Å². The van der Waals surface area contributed by atoms with Gasteiger partial charge >= 0.3 is 0 Å². The molecule has 0 aromatic carbocycles. The van der Waals surface area contributed by atoms with Crippen LogP contribution >= 0.6 is 0 Å². The third kappa shape index (κ3) is 3.18. The average Bonchev–Trinajstić information content (AvgIpc) is 2.88. The van der Waals surface area contributed by atoms with E-state index in [9.17, 15) is 0 Å². The van der Waals surface area contributed by atoms with E-state index in [1.807, 2.05) is 32.8 Å². The topological polar surface area (TPSA) is 62.6 Å². The summed E-state index contributed by atoms with van der Waals surface area (Å²) in [5, 5.41) is 7.43. The van der Waals surface area contributed by atoms with Crippen LogP contribution in [0.15, 0.2) is 5.16 Å². The van der Waals surface area contributed by atoms with Gasteiger partial charge in [-0.3, -0.25) is 0 Å². The molecule has 0 bridgehead atoms. The predicted molar refractivity (Wildman–Crippen MR) is 81.5 cm³/mol. The van der Waals surface area contributed by atoms with Crippen LogP contribution in [0.3, 0.4) is 0 Å². The van der Waals surface area contributed by atoms with Crippen molar-refractivity contribution < 1.29 is 4.84 Å². The van der Waals surface area contributed by atoms with Crippen molar-refractivity contribution in [1.29, 1.82) is 0 Å². The van der Waals surface area contributed by atoms with Crippen LogP contribution in [0.4, 0.5) is 11.8 Å². The minimum atomic E-state index is 0.0995. The largest absolute Gasteiger partial charge is 0.390 e. The molecule has 0 amide bonds.